The first-order valence-electron chi connectivity index (χ1n) is 7.06. The zero-order chi connectivity index (χ0) is 15.9. The average Bonchev–Trinajstić information content (AvgIpc) is 2.46. The number of hydrogen-bond acceptors (Lipinski definition) is 1. The van der Waals surface area contributed by atoms with E-state index in [1.54, 1.807) is 12.1 Å². The quantitative estimate of drug-likeness (QED) is 0.277. The Morgan fingerprint density at radius 3 is 2.65 bits per heavy atom. The number of rotatable bonds is 4. The van der Waals surface area contributed by atoms with E-state index in [0.717, 1.165) is 19.3 Å². The molecule has 1 N–H and O–H groups in total. The topological polar surface area (TPSA) is 29.1 Å². The first-order valence-corrected chi connectivity index (χ1v) is 7.06. The van der Waals surface area contributed by atoms with E-state index in [1.165, 1.54) is 24.3 Å². The van der Waals surface area contributed by atoms with Crippen LogP contribution in [0.3, 0.4) is 0 Å². The van der Waals surface area contributed by atoms with E-state index in [2.05, 4.69) is 17.2 Å². The Morgan fingerprint density at radius 2 is 2.04 bits per heavy atom. The fourth-order valence-corrected chi connectivity index (χ4v) is 1.83. The Kier molecular flexibility index (Phi) is 7.62. The molecule has 23 heavy (non-hydrogen) atoms. The molecular formula is C19H16FLiNO-. The minimum atomic E-state index is -0.355. The van der Waals surface area contributed by atoms with Crippen LogP contribution in [0, 0.1) is 30.8 Å². The van der Waals surface area contributed by atoms with Crippen molar-refractivity contribution < 1.29 is 28.0 Å². The van der Waals surface area contributed by atoms with Crippen LogP contribution in [-0.2, 0) is 4.79 Å². The standard InChI is InChI=1S/C19H16FNO.Li/c1-14(10-12-16-5-3-6-17(20)13-16)9-11-15(2)19(22)21-18-7-4-8-18;/h1-3,5-6,9,11,13,18H,4,7-8H2,(H,21,22);/q-2;+1/b11-9-;. The van der Waals surface area contributed by atoms with Gasteiger partial charge in [-0.3, -0.25) is 0 Å². The summed E-state index contributed by atoms with van der Waals surface area (Å²) < 4.78 is 13.0. The number of carbonyl (C=O) groups excluding carboxylic acids is 1. The van der Waals surface area contributed by atoms with Crippen molar-refractivity contribution in [2.24, 2.45) is 0 Å². The van der Waals surface area contributed by atoms with Crippen LogP contribution >= 0.6 is 0 Å². The zero-order valence-corrected chi connectivity index (χ0v) is 13.1. The van der Waals surface area contributed by atoms with Crippen LogP contribution in [0.15, 0.2) is 47.6 Å². The van der Waals surface area contributed by atoms with Gasteiger partial charge < -0.3 is 10.1 Å². The van der Waals surface area contributed by atoms with Gasteiger partial charge >= 0.3 is 18.9 Å². The molecule has 0 heterocycles. The molecule has 0 aromatic heterocycles. The molecule has 0 unspecified atom stereocenters. The third-order valence-corrected chi connectivity index (χ3v) is 3.32. The number of amides is 1. The zero-order valence-electron chi connectivity index (χ0n) is 13.1. The van der Waals surface area contributed by atoms with E-state index in [-0.39, 0.29) is 47.8 Å². The number of nitrogens with one attached hydrogen (secondary N) is 1. The normalized spacial score (nSPS) is 13.3. The predicted molar refractivity (Wildman–Crippen MR) is 83.8 cm³/mol. The van der Waals surface area contributed by atoms with Crippen molar-refractivity contribution >= 4 is 5.91 Å². The molecule has 1 fully saturated rings. The molecule has 1 aliphatic rings. The van der Waals surface area contributed by atoms with Crippen LogP contribution in [0.1, 0.15) is 24.8 Å². The predicted octanol–water partition coefficient (Wildman–Crippen LogP) is 0.125. The van der Waals surface area contributed by atoms with Gasteiger partial charge in [0, 0.05) is 11.6 Å². The monoisotopic (exact) mass is 300 g/mol. The first kappa shape index (κ1) is 19.0. The maximum atomic E-state index is 13.0. The summed E-state index contributed by atoms with van der Waals surface area (Å²) in [7, 11) is 0. The van der Waals surface area contributed by atoms with Crippen molar-refractivity contribution in [1.82, 2.24) is 5.32 Å². The first-order chi connectivity index (χ1) is 10.5. The van der Waals surface area contributed by atoms with E-state index in [9.17, 15) is 9.18 Å². The summed E-state index contributed by atoms with van der Waals surface area (Å²) in [5.74, 6) is 4.75. The number of halogens is 1. The molecule has 112 valence electrons. The van der Waals surface area contributed by atoms with Crippen LogP contribution in [0.2, 0.25) is 0 Å². The van der Waals surface area contributed by atoms with Crippen molar-refractivity contribution in [3.8, 4) is 11.8 Å². The Balaban J connectivity index is 0.00000264. The molecule has 1 aromatic carbocycles. The second-order valence-corrected chi connectivity index (χ2v) is 5.11. The molecule has 0 atom stereocenters. The SMILES string of the molecule is [CH-]=C(C#Cc1cccc(F)c1)/C=C\C(=[CH-])C(=O)NC1CCC1.[Li+]. The summed E-state index contributed by atoms with van der Waals surface area (Å²) in [5.41, 5.74) is 0.849. The van der Waals surface area contributed by atoms with Crippen molar-refractivity contribution in [1.29, 1.82) is 0 Å². The molecule has 2 rings (SSSR count). The molecule has 0 saturated heterocycles. The molecule has 0 aliphatic heterocycles. The van der Waals surface area contributed by atoms with Crippen LogP contribution < -0.4 is 24.2 Å². The van der Waals surface area contributed by atoms with E-state index in [4.69, 9.17) is 13.2 Å². The Hall–Kier alpha value is -2.00. The smallest absolute Gasteiger partial charge is 0.402 e. The van der Waals surface area contributed by atoms with Gasteiger partial charge in [-0.25, -0.2) is 35.6 Å². The molecule has 1 amide bonds. The van der Waals surface area contributed by atoms with Crippen LogP contribution in [0.4, 0.5) is 4.39 Å². The Labute approximate surface area is 148 Å². The number of benzene rings is 1. The average molecular weight is 300 g/mol. The summed E-state index contributed by atoms with van der Waals surface area (Å²) in [4.78, 5) is 11.7. The molecule has 1 aliphatic carbocycles. The third kappa shape index (κ3) is 6.33. The molecular weight excluding hydrogens is 284 g/mol. The minimum absolute atomic E-state index is 0. The summed E-state index contributed by atoms with van der Waals surface area (Å²) in [6.45, 7) is 11.4. The van der Waals surface area contributed by atoms with E-state index in [0.29, 0.717) is 5.56 Å². The van der Waals surface area contributed by atoms with Gasteiger partial charge in [0.25, 0.3) is 0 Å². The van der Waals surface area contributed by atoms with Crippen LogP contribution in [0.25, 0.3) is 0 Å². The van der Waals surface area contributed by atoms with Gasteiger partial charge in [0.05, 0.1) is 0 Å². The van der Waals surface area contributed by atoms with E-state index < -0.39 is 0 Å². The molecule has 4 heteroatoms. The summed E-state index contributed by atoms with van der Waals surface area (Å²) in [5, 5.41) is 2.82. The van der Waals surface area contributed by atoms with E-state index >= 15 is 0 Å². The maximum absolute atomic E-state index is 13.0. The summed E-state index contributed by atoms with van der Waals surface area (Å²) >= 11 is 0. The third-order valence-electron chi connectivity index (χ3n) is 3.32. The van der Waals surface area contributed by atoms with Crippen molar-refractivity contribution in [2.75, 3.05) is 0 Å². The molecule has 1 saturated carbocycles. The number of allylic oxidation sites excluding steroid dienone is 2. The summed E-state index contributed by atoms with van der Waals surface area (Å²) in [6, 6.07) is 6.14. The van der Waals surface area contributed by atoms with Gasteiger partial charge in [-0.1, -0.05) is 6.07 Å². The van der Waals surface area contributed by atoms with Gasteiger partial charge in [-0.15, -0.1) is 11.5 Å². The minimum Gasteiger partial charge on any atom is -0.402 e. The molecule has 0 spiro atoms. The second kappa shape index (κ2) is 9.21. The molecule has 2 nitrogen and oxygen atoms in total. The second-order valence-electron chi connectivity index (χ2n) is 5.11. The van der Waals surface area contributed by atoms with Gasteiger partial charge in [-0.05, 0) is 37.5 Å². The largest absolute Gasteiger partial charge is 1.00 e. The Bertz CT molecular complexity index is 693. The van der Waals surface area contributed by atoms with E-state index in [1.807, 2.05) is 0 Å². The van der Waals surface area contributed by atoms with Gasteiger partial charge in [0.2, 0.25) is 0 Å². The van der Waals surface area contributed by atoms with Crippen molar-refractivity contribution in [3.05, 3.63) is 72.1 Å². The van der Waals surface area contributed by atoms with Gasteiger partial charge in [0.15, 0.2) is 0 Å². The fraction of sp³-hybridized carbons (Fsp3) is 0.211. The maximum Gasteiger partial charge on any atom is 1.00 e. The number of carbonyl (C=O) groups is 1. The molecule has 0 bridgehead atoms. The van der Waals surface area contributed by atoms with Crippen LogP contribution in [0.5, 0.6) is 0 Å². The number of hydrogen-bond donors (Lipinski definition) is 1. The van der Waals surface area contributed by atoms with Crippen molar-refractivity contribution in [3.63, 3.8) is 0 Å². The van der Waals surface area contributed by atoms with Crippen LogP contribution in [-0.4, -0.2) is 11.9 Å². The van der Waals surface area contributed by atoms with Gasteiger partial charge in [0.1, 0.15) is 11.7 Å². The summed E-state index contributed by atoms with van der Waals surface area (Å²) in [6.07, 6.45) is 6.01. The van der Waals surface area contributed by atoms with Gasteiger partial charge in [-0.2, -0.15) is 5.57 Å². The molecule has 0 radical (unpaired) electrons. The molecule has 1 aromatic rings. The fourth-order valence-electron chi connectivity index (χ4n) is 1.83. The van der Waals surface area contributed by atoms with Crippen molar-refractivity contribution in [2.45, 2.75) is 25.3 Å². The Morgan fingerprint density at radius 1 is 1.30 bits per heavy atom.